The van der Waals surface area contributed by atoms with E-state index >= 15 is 0 Å². The van der Waals surface area contributed by atoms with Gasteiger partial charge in [0.1, 0.15) is 0 Å². The molecule has 7 heteroatoms. The largest absolute Gasteiger partial charge is 0.311 e. The van der Waals surface area contributed by atoms with Crippen LogP contribution < -0.4 is 4.90 Å². The summed E-state index contributed by atoms with van der Waals surface area (Å²) in [6.45, 7) is 6.21. The smallest absolute Gasteiger partial charge is 0.269 e. The average Bonchev–Trinajstić information content (AvgIpc) is 3.15. The Balaban J connectivity index is 1.37. The minimum Gasteiger partial charge on any atom is -0.311 e. The van der Waals surface area contributed by atoms with Crippen LogP contribution in [0.1, 0.15) is 24.9 Å². The molecule has 2 aromatic rings. The molecule has 0 radical (unpaired) electrons. The molecule has 2 saturated heterocycles. The summed E-state index contributed by atoms with van der Waals surface area (Å²) in [7, 11) is 0. The summed E-state index contributed by atoms with van der Waals surface area (Å²) < 4.78 is 0. The predicted molar refractivity (Wildman–Crippen MR) is 112 cm³/mol. The highest BCUT2D eigenvalue weighted by Gasteiger charge is 2.38. The Morgan fingerprint density at radius 3 is 2.41 bits per heavy atom. The van der Waals surface area contributed by atoms with E-state index in [1.807, 2.05) is 41.3 Å². The maximum Gasteiger partial charge on any atom is 0.269 e. The molecule has 0 aliphatic carbocycles. The normalized spacial score (nSPS) is 22.0. The van der Waals surface area contributed by atoms with Crippen LogP contribution in [0.25, 0.3) is 0 Å². The zero-order valence-electron chi connectivity index (χ0n) is 16.6. The number of hydrogen-bond acceptors (Lipinski definition) is 5. The number of carbonyl (C=O) groups is 1. The number of hydrogen-bond donors (Lipinski definition) is 0. The Morgan fingerprint density at radius 2 is 1.72 bits per heavy atom. The van der Waals surface area contributed by atoms with Crippen molar-refractivity contribution in [1.82, 2.24) is 9.80 Å². The van der Waals surface area contributed by atoms with E-state index in [9.17, 15) is 14.9 Å². The number of rotatable bonds is 5. The summed E-state index contributed by atoms with van der Waals surface area (Å²) in [5, 5.41) is 11.1. The maximum atomic E-state index is 13.0. The minimum atomic E-state index is -0.349. The Labute approximate surface area is 170 Å². The number of piperazine rings is 1. The van der Waals surface area contributed by atoms with Gasteiger partial charge >= 0.3 is 0 Å². The summed E-state index contributed by atoms with van der Waals surface area (Å²) in [6.07, 6.45) is 0.855. The Hall–Kier alpha value is -2.77. The lowest BCUT2D eigenvalue weighted by Crippen LogP contribution is -2.52. The number of anilines is 1. The number of carbonyl (C=O) groups excluding carboxylic acids is 1. The lowest BCUT2D eigenvalue weighted by atomic mass is 10.0. The third-order valence-electron chi connectivity index (χ3n) is 6.15. The van der Waals surface area contributed by atoms with Gasteiger partial charge in [-0.1, -0.05) is 30.3 Å². The van der Waals surface area contributed by atoms with Crippen molar-refractivity contribution < 1.29 is 9.72 Å². The molecule has 0 saturated carbocycles. The molecule has 0 spiro atoms. The lowest BCUT2D eigenvalue weighted by Gasteiger charge is -2.40. The van der Waals surface area contributed by atoms with Gasteiger partial charge in [-0.3, -0.25) is 24.7 Å². The second-order valence-electron chi connectivity index (χ2n) is 7.73. The van der Waals surface area contributed by atoms with Crippen LogP contribution in [0.4, 0.5) is 11.4 Å². The van der Waals surface area contributed by atoms with E-state index in [0.29, 0.717) is 0 Å². The fourth-order valence-electron chi connectivity index (χ4n) is 4.41. The summed E-state index contributed by atoms with van der Waals surface area (Å²) in [5.74, 6) is 0.191. The standard InChI is InChI=1S/C22H26N4O3/c1-17(18-6-5-9-20(16-18)26(28)29)23-12-14-24(15-13-23)21-10-11-25(22(21)27)19-7-3-2-4-8-19/h2-9,16-17,21H,10-15H2,1H3/t17-,21-/m1/s1. The zero-order valence-corrected chi connectivity index (χ0v) is 16.6. The summed E-state index contributed by atoms with van der Waals surface area (Å²) in [5.41, 5.74) is 2.06. The first-order chi connectivity index (χ1) is 14.0. The SMILES string of the molecule is C[C@H](c1cccc([N+](=O)[O-])c1)N1CCN([C@@H]2CCN(c3ccccc3)C2=O)CC1. The predicted octanol–water partition coefficient (Wildman–Crippen LogP) is 3.08. The van der Waals surface area contributed by atoms with Gasteiger partial charge < -0.3 is 4.90 Å². The molecule has 0 unspecified atom stereocenters. The van der Waals surface area contributed by atoms with Crippen molar-refractivity contribution in [2.75, 3.05) is 37.6 Å². The van der Waals surface area contributed by atoms with Crippen molar-refractivity contribution in [2.45, 2.75) is 25.4 Å². The van der Waals surface area contributed by atoms with Crippen molar-refractivity contribution >= 4 is 17.3 Å². The average molecular weight is 394 g/mol. The van der Waals surface area contributed by atoms with E-state index in [4.69, 9.17) is 0 Å². The molecule has 2 aromatic carbocycles. The highest BCUT2D eigenvalue weighted by atomic mass is 16.6. The summed E-state index contributed by atoms with van der Waals surface area (Å²) in [6, 6.07) is 16.8. The van der Waals surface area contributed by atoms with Crippen LogP contribution >= 0.6 is 0 Å². The molecule has 29 heavy (non-hydrogen) atoms. The quantitative estimate of drug-likeness (QED) is 0.576. The van der Waals surface area contributed by atoms with Crippen molar-refractivity contribution in [3.8, 4) is 0 Å². The molecule has 2 aliphatic rings. The number of para-hydroxylation sites is 1. The number of non-ortho nitro benzene ring substituents is 1. The Bertz CT molecular complexity index is 881. The van der Waals surface area contributed by atoms with E-state index in [1.165, 1.54) is 6.07 Å². The van der Waals surface area contributed by atoms with Gasteiger partial charge in [-0.2, -0.15) is 0 Å². The highest BCUT2D eigenvalue weighted by molar-refractivity contribution is 5.99. The van der Waals surface area contributed by atoms with Crippen LogP contribution in [0, 0.1) is 10.1 Å². The first kappa shape index (κ1) is 19.5. The van der Waals surface area contributed by atoms with Gasteiger partial charge in [-0.05, 0) is 31.0 Å². The Morgan fingerprint density at radius 1 is 1.00 bits per heavy atom. The Kier molecular flexibility index (Phi) is 5.60. The molecule has 152 valence electrons. The molecule has 4 rings (SSSR count). The second-order valence-corrected chi connectivity index (χ2v) is 7.73. The zero-order chi connectivity index (χ0) is 20.4. The molecule has 7 nitrogen and oxygen atoms in total. The van der Waals surface area contributed by atoms with E-state index in [2.05, 4.69) is 16.7 Å². The fraction of sp³-hybridized carbons (Fsp3) is 0.409. The van der Waals surface area contributed by atoms with Crippen molar-refractivity contribution in [3.05, 3.63) is 70.3 Å². The third kappa shape index (κ3) is 4.02. The highest BCUT2D eigenvalue weighted by Crippen LogP contribution is 2.28. The van der Waals surface area contributed by atoms with E-state index in [-0.39, 0.29) is 28.6 Å². The minimum absolute atomic E-state index is 0.0505. The first-order valence-corrected chi connectivity index (χ1v) is 10.1. The summed E-state index contributed by atoms with van der Waals surface area (Å²) in [4.78, 5) is 30.2. The van der Waals surface area contributed by atoms with Gasteiger partial charge in [0.25, 0.3) is 5.69 Å². The van der Waals surface area contributed by atoms with Gasteiger partial charge in [0.15, 0.2) is 0 Å². The van der Waals surface area contributed by atoms with Crippen LogP contribution in [-0.4, -0.2) is 59.4 Å². The van der Waals surface area contributed by atoms with Gasteiger partial charge in [0, 0.05) is 56.6 Å². The molecule has 0 aromatic heterocycles. The fourth-order valence-corrected chi connectivity index (χ4v) is 4.41. The number of amides is 1. The second kappa shape index (κ2) is 8.31. The summed E-state index contributed by atoms with van der Waals surface area (Å²) >= 11 is 0. The molecular weight excluding hydrogens is 368 g/mol. The molecule has 2 heterocycles. The lowest BCUT2D eigenvalue weighted by molar-refractivity contribution is -0.385. The molecule has 0 bridgehead atoms. The van der Waals surface area contributed by atoms with E-state index < -0.39 is 0 Å². The van der Waals surface area contributed by atoms with E-state index in [1.54, 1.807) is 12.1 Å². The van der Waals surface area contributed by atoms with Crippen molar-refractivity contribution in [1.29, 1.82) is 0 Å². The number of benzene rings is 2. The van der Waals surface area contributed by atoms with Gasteiger partial charge in [-0.15, -0.1) is 0 Å². The molecule has 2 atom stereocenters. The number of nitro benzene ring substituents is 1. The first-order valence-electron chi connectivity index (χ1n) is 10.1. The van der Waals surface area contributed by atoms with Gasteiger partial charge in [0.2, 0.25) is 5.91 Å². The van der Waals surface area contributed by atoms with Crippen LogP contribution in [0.2, 0.25) is 0 Å². The molecular formula is C22H26N4O3. The number of nitro groups is 1. The molecule has 2 fully saturated rings. The number of nitrogens with zero attached hydrogens (tertiary/aromatic N) is 4. The van der Waals surface area contributed by atoms with Crippen LogP contribution in [0.3, 0.4) is 0 Å². The molecule has 2 aliphatic heterocycles. The van der Waals surface area contributed by atoms with Crippen LogP contribution in [-0.2, 0) is 4.79 Å². The molecule has 0 N–H and O–H groups in total. The molecule has 1 amide bonds. The van der Waals surface area contributed by atoms with Crippen molar-refractivity contribution in [3.63, 3.8) is 0 Å². The van der Waals surface area contributed by atoms with Gasteiger partial charge in [0.05, 0.1) is 11.0 Å². The monoisotopic (exact) mass is 394 g/mol. The topological polar surface area (TPSA) is 69.9 Å². The van der Waals surface area contributed by atoms with Gasteiger partial charge in [-0.25, -0.2) is 0 Å². The van der Waals surface area contributed by atoms with Crippen molar-refractivity contribution in [2.24, 2.45) is 0 Å². The van der Waals surface area contributed by atoms with Crippen LogP contribution in [0.5, 0.6) is 0 Å². The maximum absolute atomic E-state index is 13.0. The third-order valence-corrected chi connectivity index (χ3v) is 6.15. The van der Waals surface area contributed by atoms with Crippen LogP contribution in [0.15, 0.2) is 54.6 Å². The van der Waals surface area contributed by atoms with E-state index in [0.717, 1.165) is 50.4 Å².